The summed E-state index contributed by atoms with van der Waals surface area (Å²) in [7, 11) is 0. The molecule has 0 amide bonds. The summed E-state index contributed by atoms with van der Waals surface area (Å²) >= 11 is 0. The maximum absolute atomic E-state index is 10.3. The Hall–Kier alpha value is -0.300. The highest BCUT2D eigenvalue weighted by Gasteiger charge is 2.56. The van der Waals surface area contributed by atoms with Crippen molar-refractivity contribution < 1.29 is 5.11 Å². The van der Waals surface area contributed by atoms with Crippen molar-refractivity contribution in [2.24, 2.45) is 34.5 Å². The Balaban J connectivity index is 1.96. The van der Waals surface area contributed by atoms with Crippen LogP contribution in [0.2, 0.25) is 0 Å². The quantitative estimate of drug-likeness (QED) is 0.633. The van der Waals surface area contributed by atoms with Crippen molar-refractivity contribution in [2.45, 2.75) is 92.1 Å². The molecule has 1 heteroatoms. The maximum atomic E-state index is 10.3. The SMILES string of the molecule is CCCC1(C)C2=CCC3(C)C(C(C)O)CCC3C2CCC1CC. The molecule has 0 aromatic carbocycles. The minimum Gasteiger partial charge on any atom is -0.393 e. The van der Waals surface area contributed by atoms with E-state index in [9.17, 15) is 5.11 Å². The third kappa shape index (κ3) is 2.53. The number of hydrogen-bond acceptors (Lipinski definition) is 1. The van der Waals surface area contributed by atoms with Crippen molar-refractivity contribution >= 4 is 0 Å². The highest BCUT2D eigenvalue weighted by atomic mass is 16.3. The fourth-order valence-electron chi connectivity index (χ4n) is 7.22. The van der Waals surface area contributed by atoms with Gasteiger partial charge in [0, 0.05) is 0 Å². The summed E-state index contributed by atoms with van der Waals surface area (Å²) < 4.78 is 0. The molecule has 3 rings (SSSR count). The highest BCUT2D eigenvalue weighted by Crippen LogP contribution is 2.64. The normalized spacial score (nSPS) is 47.7. The fraction of sp³-hybridized carbons (Fsp3) is 0.909. The van der Waals surface area contributed by atoms with E-state index in [-0.39, 0.29) is 6.10 Å². The monoisotopic (exact) mass is 318 g/mol. The van der Waals surface area contributed by atoms with E-state index in [1.807, 2.05) is 12.5 Å². The van der Waals surface area contributed by atoms with Crippen LogP contribution in [-0.2, 0) is 0 Å². The van der Waals surface area contributed by atoms with Crippen LogP contribution in [0.4, 0.5) is 0 Å². The lowest BCUT2D eigenvalue weighted by atomic mass is 9.50. The van der Waals surface area contributed by atoms with Gasteiger partial charge in [0.25, 0.3) is 0 Å². The van der Waals surface area contributed by atoms with Crippen LogP contribution in [0.15, 0.2) is 11.6 Å². The molecule has 23 heavy (non-hydrogen) atoms. The molecule has 7 unspecified atom stereocenters. The average molecular weight is 319 g/mol. The molecule has 1 N–H and O–H groups in total. The second kappa shape index (κ2) is 6.21. The summed E-state index contributed by atoms with van der Waals surface area (Å²) in [5, 5.41) is 10.3. The molecule has 0 radical (unpaired) electrons. The van der Waals surface area contributed by atoms with Gasteiger partial charge in [-0.05, 0) is 80.0 Å². The first-order valence-corrected chi connectivity index (χ1v) is 10.3. The molecule has 0 bridgehead atoms. The number of rotatable bonds is 4. The molecule has 2 fully saturated rings. The lowest BCUT2D eigenvalue weighted by Gasteiger charge is -2.55. The largest absolute Gasteiger partial charge is 0.393 e. The van der Waals surface area contributed by atoms with Crippen LogP contribution >= 0.6 is 0 Å². The maximum Gasteiger partial charge on any atom is 0.0545 e. The summed E-state index contributed by atoms with van der Waals surface area (Å²) in [6.45, 7) is 11.8. The van der Waals surface area contributed by atoms with Crippen molar-refractivity contribution in [2.75, 3.05) is 0 Å². The number of allylic oxidation sites excluding steroid dienone is 2. The van der Waals surface area contributed by atoms with Gasteiger partial charge >= 0.3 is 0 Å². The molecule has 0 aliphatic heterocycles. The lowest BCUT2D eigenvalue weighted by molar-refractivity contribution is 0.00233. The van der Waals surface area contributed by atoms with Crippen molar-refractivity contribution in [1.29, 1.82) is 0 Å². The van der Waals surface area contributed by atoms with Crippen molar-refractivity contribution in [3.05, 3.63) is 11.6 Å². The van der Waals surface area contributed by atoms with E-state index in [1.54, 1.807) is 0 Å². The average Bonchev–Trinajstić information content (AvgIpc) is 2.85. The van der Waals surface area contributed by atoms with Gasteiger partial charge in [0.1, 0.15) is 0 Å². The molecule has 132 valence electrons. The minimum absolute atomic E-state index is 0.144. The molecule has 7 atom stereocenters. The predicted molar refractivity (Wildman–Crippen MR) is 98.2 cm³/mol. The zero-order valence-electron chi connectivity index (χ0n) is 16.1. The first-order valence-electron chi connectivity index (χ1n) is 10.3. The molecule has 2 saturated carbocycles. The second-order valence-electron chi connectivity index (χ2n) is 9.36. The van der Waals surface area contributed by atoms with Crippen LogP contribution in [0.25, 0.3) is 0 Å². The Morgan fingerprint density at radius 1 is 1.17 bits per heavy atom. The summed E-state index contributed by atoms with van der Waals surface area (Å²) in [4.78, 5) is 0. The van der Waals surface area contributed by atoms with Crippen LogP contribution in [0.5, 0.6) is 0 Å². The molecule has 3 aliphatic carbocycles. The van der Waals surface area contributed by atoms with E-state index in [0.29, 0.717) is 16.7 Å². The first-order chi connectivity index (χ1) is 10.9. The first kappa shape index (κ1) is 17.5. The van der Waals surface area contributed by atoms with Gasteiger partial charge in [-0.25, -0.2) is 0 Å². The predicted octanol–water partition coefficient (Wildman–Crippen LogP) is 5.97. The zero-order valence-corrected chi connectivity index (χ0v) is 16.1. The van der Waals surface area contributed by atoms with E-state index in [2.05, 4.69) is 33.8 Å². The molecular weight excluding hydrogens is 280 g/mol. The molecule has 0 heterocycles. The third-order valence-corrected chi connectivity index (χ3v) is 8.36. The van der Waals surface area contributed by atoms with Gasteiger partial charge in [0.15, 0.2) is 0 Å². The van der Waals surface area contributed by atoms with Gasteiger partial charge in [-0.2, -0.15) is 0 Å². The third-order valence-electron chi connectivity index (χ3n) is 8.36. The van der Waals surface area contributed by atoms with E-state index < -0.39 is 0 Å². The molecule has 3 aliphatic rings. The lowest BCUT2D eigenvalue weighted by Crippen LogP contribution is -2.46. The second-order valence-corrected chi connectivity index (χ2v) is 9.36. The summed E-state index contributed by atoms with van der Waals surface area (Å²) in [6, 6.07) is 0. The van der Waals surface area contributed by atoms with Crippen LogP contribution in [-0.4, -0.2) is 11.2 Å². The smallest absolute Gasteiger partial charge is 0.0545 e. The summed E-state index contributed by atoms with van der Waals surface area (Å²) in [6.07, 6.45) is 13.1. The zero-order chi connectivity index (χ0) is 16.8. The number of fused-ring (bicyclic) bond motifs is 3. The molecule has 0 aromatic rings. The van der Waals surface area contributed by atoms with Gasteiger partial charge in [0.2, 0.25) is 0 Å². The Morgan fingerprint density at radius 2 is 1.91 bits per heavy atom. The van der Waals surface area contributed by atoms with Gasteiger partial charge in [-0.1, -0.05) is 52.2 Å². The van der Waals surface area contributed by atoms with Gasteiger partial charge in [-0.15, -0.1) is 0 Å². The molecule has 0 spiro atoms. The number of aliphatic hydroxyl groups excluding tert-OH is 1. The molecule has 0 saturated heterocycles. The van der Waals surface area contributed by atoms with E-state index >= 15 is 0 Å². The van der Waals surface area contributed by atoms with Gasteiger partial charge < -0.3 is 5.11 Å². The van der Waals surface area contributed by atoms with Crippen LogP contribution in [0, 0.1) is 34.5 Å². The number of hydrogen-bond donors (Lipinski definition) is 1. The van der Waals surface area contributed by atoms with E-state index in [1.165, 1.54) is 51.4 Å². The summed E-state index contributed by atoms with van der Waals surface area (Å²) in [5.41, 5.74) is 2.61. The van der Waals surface area contributed by atoms with Crippen LogP contribution in [0.3, 0.4) is 0 Å². The van der Waals surface area contributed by atoms with Gasteiger partial charge in [0.05, 0.1) is 6.10 Å². The molecule has 1 nitrogen and oxygen atoms in total. The van der Waals surface area contributed by atoms with Crippen molar-refractivity contribution in [3.63, 3.8) is 0 Å². The van der Waals surface area contributed by atoms with Crippen molar-refractivity contribution in [1.82, 2.24) is 0 Å². The minimum atomic E-state index is -0.144. The fourth-order valence-corrected chi connectivity index (χ4v) is 7.22. The molecule has 0 aromatic heterocycles. The molecular formula is C22H38O. The topological polar surface area (TPSA) is 20.2 Å². The Labute approximate surface area is 143 Å². The Bertz CT molecular complexity index is 465. The van der Waals surface area contributed by atoms with Gasteiger partial charge in [-0.3, -0.25) is 0 Å². The highest BCUT2D eigenvalue weighted by molar-refractivity contribution is 5.28. The Kier molecular flexibility index (Phi) is 4.73. The number of aliphatic hydroxyl groups is 1. The van der Waals surface area contributed by atoms with E-state index in [0.717, 1.165) is 17.8 Å². The van der Waals surface area contributed by atoms with Crippen LogP contribution in [0.1, 0.15) is 86.0 Å². The standard InChI is InChI=1S/C22H38O/c1-6-13-21(4)16(7-2)8-9-17-19-11-10-18(15(3)23)22(19,5)14-12-20(17)21/h12,15-19,23H,6-11,13-14H2,1-5H3. The summed E-state index contributed by atoms with van der Waals surface area (Å²) in [5.74, 6) is 3.00. The van der Waals surface area contributed by atoms with Crippen molar-refractivity contribution in [3.8, 4) is 0 Å². The van der Waals surface area contributed by atoms with E-state index in [4.69, 9.17) is 0 Å². The van der Waals surface area contributed by atoms with Crippen LogP contribution < -0.4 is 0 Å². The Morgan fingerprint density at radius 3 is 2.52 bits per heavy atom.